The average Bonchev–Trinajstić information content (AvgIpc) is 3.27. The first-order valence-electron chi connectivity index (χ1n) is 9.87. The molecule has 0 spiro atoms. The van der Waals surface area contributed by atoms with Crippen LogP contribution in [0.1, 0.15) is 58.5 Å². The van der Waals surface area contributed by atoms with Gasteiger partial charge in [0.2, 0.25) is 0 Å². The minimum absolute atomic E-state index is 0.164. The van der Waals surface area contributed by atoms with Crippen molar-refractivity contribution in [3.63, 3.8) is 0 Å². The highest BCUT2D eigenvalue weighted by Crippen LogP contribution is 2.25. The molecule has 30 heavy (non-hydrogen) atoms. The van der Waals surface area contributed by atoms with E-state index < -0.39 is 0 Å². The molecule has 0 aliphatic rings. The quantitative estimate of drug-likeness (QED) is 0.543. The summed E-state index contributed by atoms with van der Waals surface area (Å²) in [5, 5.41) is 12.0. The van der Waals surface area contributed by atoms with E-state index in [0.717, 1.165) is 28.5 Å². The lowest BCUT2D eigenvalue weighted by molar-refractivity contribution is 0.0952. The van der Waals surface area contributed by atoms with Crippen molar-refractivity contribution in [2.45, 2.75) is 47.1 Å². The monoisotopic (exact) mass is 404 g/mol. The Morgan fingerprint density at radius 1 is 1.20 bits per heavy atom. The molecule has 0 atom stereocenters. The molecule has 4 heterocycles. The van der Waals surface area contributed by atoms with Gasteiger partial charge in [0.25, 0.3) is 11.6 Å². The van der Waals surface area contributed by atoms with Gasteiger partial charge in [-0.3, -0.25) is 4.79 Å². The third kappa shape index (κ3) is 3.68. The summed E-state index contributed by atoms with van der Waals surface area (Å²) >= 11 is 0. The Hall–Kier alpha value is -3.55. The van der Waals surface area contributed by atoms with E-state index in [0.29, 0.717) is 28.9 Å². The summed E-state index contributed by atoms with van der Waals surface area (Å²) in [6, 6.07) is 7.65. The van der Waals surface area contributed by atoms with Gasteiger partial charge in [-0.2, -0.15) is 5.10 Å². The van der Waals surface area contributed by atoms with Crippen LogP contribution >= 0.6 is 0 Å². The number of carbonyl (C=O) groups excluding carboxylic acids is 1. The summed E-state index contributed by atoms with van der Waals surface area (Å²) < 4.78 is 7.10. The van der Waals surface area contributed by atoms with Crippen LogP contribution in [-0.4, -0.2) is 30.8 Å². The Balaban J connectivity index is 1.54. The van der Waals surface area contributed by atoms with Gasteiger partial charge in [-0.1, -0.05) is 25.1 Å². The van der Waals surface area contributed by atoms with Crippen molar-refractivity contribution in [3.8, 4) is 5.82 Å². The lowest BCUT2D eigenvalue weighted by Crippen LogP contribution is -2.23. The molecule has 4 aromatic rings. The molecule has 8 heteroatoms. The summed E-state index contributed by atoms with van der Waals surface area (Å²) in [5.41, 5.74) is 5.21. The highest BCUT2D eigenvalue weighted by atomic mass is 16.5. The molecular formula is C22H24N6O2. The Labute approximate surface area is 174 Å². The molecule has 0 fully saturated rings. The van der Waals surface area contributed by atoms with Gasteiger partial charge in [-0.15, -0.1) is 0 Å². The molecule has 0 aliphatic carbocycles. The van der Waals surface area contributed by atoms with E-state index in [-0.39, 0.29) is 11.8 Å². The van der Waals surface area contributed by atoms with Crippen LogP contribution in [-0.2, 0) is 6.54 Å². The number of rotatable bonds is 5. The fourth-order valence-electron chi connectivity index (χ4n) is 3.37. The Morgan fingerprint density at radius 3 is 2.63 bits per heavy atom. The van der Waals surface area contributed by atoms with E-state index in [1.165, 1.54) is 0 Å². The number of carbonyl (C=O) groups is 1. The number of aryl methyl sites for hydroxylation is 3. The molecule has 0 unspecified atom stereocenters. The van der Waals surface area contributed by atoms with Gasteiger partial charge in [0.05, 0.1) is 22.3 Å². The molecule has 1 N–H and O–H groups in total. The maximum Gasteiger partial charge on any atom is 0.259 e. The van der Waals surface area contributed by atoms with Crippen molar-refractivity contribution >= 4 is 17.0 Å². The second-order valence-corrected chi connectivity index (χ2v) is 7.74. The van der Waals surface area contributed by atoms with Gasteiger partial charge < -0.3 is 9.84 Å². The van der Waals surface area contributed by atoms with Crippen LogP contribution in [0.4, 0.5) is 0 Å². The molecule has 8 nitrogen and oxygen atoms in total. The van der Waals surface area contributed by atoms with Crippen molar-refractivity contribution < 1.29 is 9.32 Å². The fourth-order valence-corrected chi connectivity index (χ4v) is 3.37. The predicted octanol–water partition coefficient (Wildman–Crippen LogP) is 3.78. The van der Waals surface area contributed by atoms with E-state index in [4.69, 9.17) is 4.52 Å². The molecule has 0 saturated heterocycles. The second kappa shape index (κ2) is 7.70. The maximum absolute atomic E-state index is 12.9. The third-order valence-corrected chi connectivity index (χ3v) is 4.96. The molecule has 154 valence electrons. The van der Waals surface area contributed by atoms with Crippen LogP contribution in [0, 0.1) is 20.8 Å². The molecule has 0 saturated carbocycles. The number of aromatic nitrogens is 5. The zero-order valence-electron chi connectivity index (χ0n) is 17.7. The largest absolute Gasteiger partial charge is 0.348 e. The summed E-state index contributed by atoms with van der Waals surface area (Å²) in [5.74, 6) is 0.712. The molecule has 0 aliphatic heterocycles. The van der Waals surface area contributed by atoms with E-state index in [2.05, 4.69) is 25.5 Å². The number of nitrogens with zero attached hydrogens (tertiary/aromatic N) is 5. The van der Waals surface area contributed by atoms with Crippen LogP contribution in [0.5, 0.6) is 0 Å². The van der Waals surface area contributed by atoms with Crippen LogP contribution in [0.25, 0.3) is 16.9 Å². The lowest BCUT2D eigenvalue weighted by Gasteiger charge is -2.10. The van der Waals surface area contributed by atoms with Crippen LogP contribution < -0.4 is 5.32 Å². The normalized spacial score (nSPS) is 11.4. The van der Waals surface area contributed by atoms with E-state index in [1.54, 1.807) is 17.8 Å². The zero-order chi connectivity index (χ0) is 21.4. The summed E-state index contributed by atoms with van der Waals surface area (Å²) in [6.07, 6.45) is 1.75. The highest BCUT2D eigenvalue weighted by molar-refractivity contribution is 6.06. The number of pyridine rings is 2. The maximum atomic E-state index is 12.9. The molecule has 0 bridgehead atoms. The number of fused-ring (bicyclic) bond motifs is 1. The van der Waals surface area contributed by atoms with E-state index in [1.807, 2.05) is 52.0 Å². The second-order valence-electron chi connectivity index (χ2n) is 7.74. The van der Waals surface area contributed by atoms with Crippen molar-refractivity contribution in [2.24, 2.45) is 0 Å². The number of nitrogens with one attached hydrogen (secondary N) is 1. The number of hydrogen-bond donors (Lipinski definition) is 1. The average molecular weight is 404 g/mol. The van der Waals surface area contributed by atoms with Crippen molar-refractivity contribution in [2.75, 3.05) is 0 Å². The SMILES string of the molecule is Cc1cc(C)n(-c2ccc(CNC(=O)c3cc(C(C)C)nc4onc(C)c34)cn2)n1. The van der Waals surface area contributed by atoms with Gasteiger partial charge >= 0.3 is 0 Å². The Morgan fingerprint density at radius 2 is 2.00 bits per heavy atom. The standard InChI is InChI=1S/C22H24N6O2/c1-12(2)18-9-17(20-15(5)27-30-22(20)25-18)21(29)24-11-16-6-7-19(23-10-16)28-14(4)8-13(3)26-28/h6-10,12H,11H2,1-5H3,(H,24,29). The molecule has 4 rings (SSSR count). The number of amides is 1. The smallest absolute Gasteiger partial charge is 0.259 e. The summed E-state index contributed by atoms with van der Waals surface area (Å²) in [6.45, 7) is 10.1. The van der Waals surface area contributed by atoms with E-state index >= 15 is 0 Å². The molecule has 0 radical (unpaired) electrons. The highest BCUT2D eigenvalue weighted by Gasteiger charge is 2.19. The van der Waals surface area contributed by atoms with Gasteiger partial charge in [0.15, 0.2) is 5.82 Å². The van der Waals surface area contributed by atoms with Crippen LogP contribution in [0.2, 0.25) is 0 Å². The topological polar surface area (TPSA) is 98.7 Å². The first-order valence-corrected chi connectivity index (χ1v) is 9.87. The predicted molar refractivity (Wildman–Crippen MR) is 113 cm³/mol. The molecule has 1 amide bonds. The van der Waals surface area contributed by atoms with Crippen LogP contribution in [0.15, 0.2) is 35.0 Å². The minimum Gasteiger partial charge on any atom is -0.348 e. The van der Waals surface area contributed by atoms with Crippen molar-refractivity contribution in [1.29, 1.82) is 0 Å². The first kappa shape index (κ1) is 19.8. The molecule has 0 aromatic carbocycles. The lowest BCUT2D eigenvalue weighted by atomic mass is 10.0. The molecule has 4 aromatic heterocycles. The fraction of sp³-hybridized carbons (Fsp3) is 0.318. The van der Waals surface area contributed by atoms with Gasteiger partial charge in [0.1, 0.15) is 0 Å². The van der Waals surface area contributed by atoms with Gasteiger partial charge in [-0.05, 0) is 50.5 Å². The Bertz CT molecular complexity index is 1220. The third-order valence-electron chi connectivity index (χ3n) is 4.96. The van der Waals surface area contributed by atoms with Crippen molar-refractivity contribution in [1.82, 2.24) is 30.2 Å². The summed E-state index contributed by atoms with van der Waals surface area (Å²) in [7, 11) is 0. The van der Waals surface area contributed by atoms with Crippen molar-refractivity contribution in [3.05, 3.63) is 64.4 Å². The number of hydrogen-bond acceptors (Lipinski definition) is 6. The van der Waals surface area contributed by atoms with Gasteiger partial charge in [-0.25, -0.2) is 14.6 Å². The Kier molecular flexibility index (Phi) is 5.07. The summed E-state index contributed by atoms with van der Waals surface area (Å²) in [4.78, 5) is 21.9. The zero-order valence-corrected chi connectivity index (χ0v) is 17.7. The van der Waals surface area contributed by atoms with E-state index in [9.17, 15) is 4.79 Å². The molecular weight excluding hydrogens is 380 g/mol. The van der Waals surface area contributed by atoms with Crippen LogP contribution in [0.3, 0.4) is 0 Å². The first-order chi connectivity index (χ1) is 14.3. The van der Waals surface area contributed by atoms with Gasteiger partial charge in [0, 0.05) is 24.1 Å². The minimum atomic E-state index is -0.196.